The minimum atomic E-state index is -0.573. The van der Waals surface area contributed by atoms with Crippen LogP contribution in [0.3, 0.4) is 0 Å². The Bertz CT molecular complexity index is 892. The summed E-state index contributed by atoms with van der Waals surface area (Å²) in [7, 11) is 0. The molecule has 1 saturated heterocycles. The van der Waals surface area contributed by atoms with Gasteiger partial charge >= 0.3 is 5.82 Å². The van der Waals surface area contributed by atoms with E-state index in [1.165, 1.54) is 4.68 Å². The lowest BCUT2D eigenvalue weighted by atomic mass is 10.2. The quantitative estimate of drug-likeness (QED) is 0.473. The molecule has 0 aliphatic carbocycles. The second kappa shape index (κ2) is 8.77. The number of halogens is 3. The zero-order chi connectivity index (χ0) is 20.4. The van der Waals surface area contributed by atoms with E-state index >= 15 is 0 Å². The van der Waals surface area contributed by atoms with Crippen molar-refractivity contribution >= 4 is 50.9 Å². The topological polar surface area (TPSA) is 84.5 Å². The number of hydrogen-bond acceptors (Lipinski definition) is 5. The molecule has 3 rings (SSSR count). The lowest BCUT2D eigenvalue weighted by Crippen LogP contribution is -2.49. The van der Waals surface area contributed by atoms with Crippen LogP contribution in [0.15, 0.2) is 22.7 Å². The molecule has 0 unspecified atom stereocenters. The molecule has 150 valence electrons. The van der Waals surface area contributed by atoms with Crippen LogP contribution in [0.2, 0.25) is 10.0 Å². The van der Waals surface area contributed by atoms with Gasteiger partial charge in [-0.3, -0.25) is 9.69 Å². The van der Waals surface area contributed by atoms with Crippen LogP contribution in [0.5, 0.6) is 0 Å². The molecule has 1 aromatic carbocycles. The Hall–Kier alpha value is -1.68. The molecular weight excluding hydrogens is 473 g/mol. The molecule has 0 saturated carbocycles. The predicted molar refractivity (Wildman–Crippen MR) is 110 cm³/mol. The zero-order valence-electron chi connectivity index (χ0n) is 15.1. The number of aromatic nitrogens is 2. The van der Waals surface area contributed by atoms with Crippen LogP contribution >= 0.6 is 39.1 Å². The van der Waals surface area contributed by atoms with Gasteiger partial charge in [0.2, 0.25) is 5.91 Å². The van der Waals surface area contributed by atoms with Gasteiger partial charge < -0.3 is 15.0 Å². The van der Waals surface area contributed by atoms with E-state index in [0.29, 0.717) is 52.9 Å². The fraction of sp³-hybridized carbons (Fsp3) is 0.412. The maximum atomic E-state index is 12.6. The largest absolute Gasteiger partial charge is 0.404 e. The van der Waals surface area contributed by atoms with Crippen molar-refractivity contribution in [3.05, 3.63) is 54.1 Å². The number of carbonyl (C=O) groups excluding carboxylic acids is 1. The van der Waals surface area contributed by atoms with Gasteiger partial charge in [0.25, 0.3) is 0 Å². The first-order valence-electron chi connectivity index (χ1n) is 8.58. The Morgan fingerprint density at radius 3 is 2.39 bits per heavy atom. The van der Waals surface area contributed by atoms with E-state index in [4.69, 9.17) is 23.2 Å². The third-order valence-electron chi connectivity index (χ3n) is 4.74. The summed E-state index contributed by atoms with van der Waals surface area (Å²) >= 11 is 15.6. The molecule has 0 bridgehead atoms. The summed E-state index contributed by atoms with van der Waals surface area (Å²) in [5.41, 5.74) is 1.43. The highest BCUT2D eigenvalue weighted by atomic mass is 79.9. The third-order valence-corrected chi connectivity index (χ3v) is 6.38. The maximum absolute atomic E-state index is 12.6. The smallest absolute Gasteiger partial charge is 0.358 e. The van der Waals surface area contributed by atoms with Crippen LogP contribution in [0.4, 0.5) is 5.82 Å². The molecule has 1 aliphatic heterocycles. The number of amides is 1. The molecule has 0 N–H and O–H groups in total. The van der Waals surface area contributed by atoms with E-state index in [9.17, 15) is 14.9 Å². The van der Waals surface area contributed by atoms with E-state index in [2.05, 4.69) is 25.9 Å². The van der Waals surface area contributed by atoms with Crippen molar-refractivity contribution in [3.8, 4) is 0 Å². The molecule has 1 aliphatic rings. The Labute approximate surface area is 180 Å². The molecule has 2 heterocycles. The first-order chi connectivity index (χ1) is 13.3. The second-order valence-corrected chi connectivity index (χ2v) is 8.10. The van der Waals surface area contributed by atoms with Crippen LogP contribution in [0.1, 0.15) is 11.3 Å². The van der Waals surface area contributed by atoms with Gasteiger partial charge in [-0.2, -0.15) is 4.68 Å². The van der Waals surface area contributed by atoms with Crippen molar-refractivity contribution in [1.82, 2.24) is 19.6 Å². The minimum Gasteiger partial charge on any atom is -0.358 e. The highest BCUT2D eigenvalue weighted by Gasteiger charge is 2.27. The van der Waals surface area contributed by atoms with Gasteiger partial charge in [0.15, 0.2) is 0 Å². The lowest BCUT2D eigenvalue weighted by molar-refractivity contribution is -0.390. The van der Waals surface area contributed by atoms with Crippen molar-refractivity contribution in [3.63, 3.8) is 0 Å². The number of nitro groups is 1. The van der Waals surface area contributed by atoms with Gasteiger partial charge in [-0.25, -0.2) is 0 Å². The Kier molecular flexibility index (Phi) is 6.59. The van der Waals surface area contributed by atoms with Crippen molar-refractivity contribution in [2.75, 3.05) is 26.2 Å². The number of piperazine rings is 1. The maximum Gasteiger partial charge on any atom is 0.404 e. The Morgan fingerprint density at radius 2 is 1.86 bits per heavy atom. The van der Waals surface area contributed by atoms with E-state index < -0.39 is 4.92 Å². The molecular formula is C17H18BrCl2N5O3. The monoisotopic (exact) mass is 489 g/mol. The number of nitrogens with zero attached hydrogens (tertiary/aromatic N) is 5. The third kappa shape index (κ3) is 4.48. The minimum absolute atomic E-state index is 0.0331. The van der Waals surface area contributed by atoms with E-state index in [1.54, 1.807) is 11.8 Å². The Morgan fingerprint density at radius 1 is 1.25 bits per heavy atom. The van der Waals surface area contributed by atoms with Crippen LogP contribution in [-0.4, -0.2) is 56.6 Å². The number of rotatable bonds is 5. The molecule has 0 spiro atoms. The van der Waals surface area contributed by atoms with Crippen LogP contribution in [0.25, 0.3) is 0 Å². The molecule has 11 heteroatoms. The van der Waals surface area contributed by atoms with Gasteiger partial charge in [0.1, 0.15) is 11.0 Å². The molecule has 1 aromatic heterocycles. The summed E-state index contributed by atoms with van der Waals surface area (Å²) in [6.07, 6.45) is 0. The summed E-state index contributed by atoms with van der Waals surface area (Å²) in [5.74, 6) is -0.407. The fourth-order valence-electron chi connectivity index (χ4n) is 3.07. The summed E-state index contributed by atoms with van der Waals surface area (Å²) in [5, 5.41) is 16.2. The zero-order valence-corrected chi connectivity index (χ0v) is 18.2. The Balaban J connectivity index is 1.59. The molecule has 8 nitrogen and oxygen atoms in total. The highest BCUT2D eigenvalue weighted by Crippen LogP contribution is 2.27. The molecule has 1 fully saturated rings. The van der Waals surface area contributed by atoms with Gasteiger partial charge in [0, 0.05) is 48.3 Å². The van der Waals surface area contributed by atoms with Crippen molar-refractivity contribution in [2.45, 2.75) is 20.0 Å². The predicted octanol–water partition coefficient (Wildman–Crippen LogP) is 3.51. The SMILES string of the molecule is Cc1c(Br)c([N+](=O)[O-])nn1CC(=O)N1CCN(Cc2c(Cl)cccc2Cl)CC1. The van der Waals surface area contributed by atoms with Crippen molar-refractivity contribution in [1.29, 1.82) is 0 Å². The molecule has 2 aromatic rings. The lowest BCUT2D eigenvalue weighted by Gasteiger charge is -2.35. The van der Waals surface area contributed by atoms with E-state index in [1.807, 2.05) is 18.2 Å². The number of hydrogen-bond donors (Lipinski definition) is 0. The van der Waals surface area contributed by atoms with Crippen LogP contribution in [0, 0.1) is 17.0 Å². The summed E-state index contributed by atoms with van der Waals surface area (Å²) in [4.78, 5) is 27.0. The molecule has 28 heavy (non-hydrogen) atoms. The van der Waals surface area contributed by atoms with Crippen LogP contribution < -0.4 is 0 Å². The number of benzene rings is 1. The normalized spacial score (nSPS) is 15.1. The van der Waals surface area contributed by atoms with E-state index in [-0.39, 0.29) is 18.3 Å². The van der Waals surface area contributed by atoms with Crippen molar-refractivity contribution < 1.29 is 9.72 Å². The first kappa shape index (κ1) is 21.0. The second-order valence-electron chi connectivity index (χ2n) is 6.49. The summed E-state index contributed by atoms with van der Waals surface area (Å²) < 4.78 is 1.66. The van der Waals surface area contributed by atoms with Gasteiger partial charge in [-0.15, -0.1) is 0 Å². The summed E-state index contributed by atoms with van der Waals surface area (Å²) in [6, 6.07) is 5.43. The highest BCUT2D eigenvalue weighted by molar-refractivity contribution is 9.10. The summed E-state index contributed by atoms with van der Waals surface area (Å²) in [6.45, 7) is 4.77. The fourth-order valence-corrected chi connectivity index (χ4v) is 4.02. The first-order valence-corrected chi connectivity index (χ1v) is 10.1. The van der Waals surface area contributed by atoms with Gasteiger partial charge in [-0.1, -0.05) is 29.3 Å². The molecule has 0 atom stereocenters. The standard InChI is InChI=1S/C17H18BrCl2N5O3/c1-11-16(18)17(25(27)28)21-24(11)10-15(26)23-7-5-22(6-8-23)9-12-13(19)3-2-4-14(12)20/h2-4H,5-10H2,1H3. The number of carbonyl (C=O) groups is 1. The van der Waals surface area contributed by atoms with Gasteiger partial charge in [-0.05, 0) is 39.9 Å². The van der Waals surface area contributed by atoms with Gasteiger partial charge in [0.05, 0.1) is 10.8 Å². The van der Waals surface area contributed by atoms with E-state index in [0.717, 1.165) is 5.56 Å². The molecule has 1 amide bonds. The van der Waals surface area contributed by atoms with Crippen LogP contribution in [-0.2, 0) is 17.9 Å². The molecule has 0 radical (unpaired) electrons. The average molecular weight is 491 g/mol. The van der Waals surface area contributed by atoms with Crippen molar-refractivity contribution in [2.24, 2.45) is 0 Å². The average Bonchev–Trinajstić information content (AvgIpc) is 2.94.